The summed E-state index contributed by atoms with van der Waals surface area (Å²) in [4.78, 5) is 13.5. The molecule has 114 valence electrons. The fourth-order valence-corrected chi connectivity index (χ4v) is 2.98. The lowest BCUT2D eigenvalue weighted by atomic mass is 10.0. The Balaban J connectivity index is 1.96. The number of nitrogens with zero attached hydrogens (tertiary/aromatic N) is 1. The Morgan fingerprint density at radius 1 is 1.43 bits per heavy atom. The molecule has 21 heavy (non-hydrogen) atoms. The molecule has 1 aromatic rings. The van der Waals surface area contributed by atoms with Gasteiger partial charge in [0.25, 0.3) is 5.91 Å². The molecule has 0 aromatic heterocycles. The Labute approximate surface area is 126 Å². The van der Waals surface area contributed by atoms with E-state index in [0.717, 1.165) is 12.1 Å². The maximum atomic E-state index is 10.9. The molecule has 0 aliphatic carbocycles. The zero-order valence-corrected chi connectivity index (χ0v) is 12.7. The van der Waals surface area contributed by atoms with Crippen LogP contribution in [0.4, 0.5) is 0 Å². The van der Waals surface area contributed by atoms with E-state index in [4.69, 9.17) is 5.21 Å². The number of amides is 1. The summed E-state index contributed by atoms with van der Waals surface area (Å²) in [6, 6.07) is 8.89. The van der Waals surface area contributed by atoms with Gasteiger partial charge in [0.1, 0.15) is 0 Å². The van der Waals surface area contributed by atoms with E-state index in [1.165, 1.54) is 31.0 Å². The largest absolute Gasteiger partial charge is 0.296 e. The van der Waals surface area contributed by atoms with E-state index in [1.807, 2.05) is 12.1 Å². The van der Waals surface area contributed by atoms with Gasteiger partial charge in [-0.15, -0.1) is 0 Å². The fraction of sp³-hybridized carbons (Fsp3) is 0.471. The van der Waals surface area contributed by atoms with Crippen LogP contribution in [0.2, 0.25) is 0 Å². The van der Waals surface area contributed by atoms with E-state index >= 15 is 0 Å². The lowest BCUT2D eigenvalue weighted by Gasteiger charge is -2.27. The van der Waals surface area contributed by atoms with Crippen LogP contribution in [-0.2, 0) is 11.3 Å². The van der Waals surface area contributed by atoms with Gasteiger partial charge in [0.2, 0.25) is 0 Å². The summed E-state index contributed by atoms with van der Waals surface area (Å²) in [5.74, 6) is 0.183. The maximum Gasteiger partial charge on any atom is 0.267 e. The average Bonchev–Trinajstić information content (AvgIpc) is 2.94. The molecule has 1 amide bonds. The Morgan fingerprint density at radius 3 is 2.76 bits per heavy atom. The van der Waals surface area contributed by atoms with Crippen molar-refractivity contribution in [2.75, 3.05) is 6.54 Å². The molecule has 1 heterocycles. The van der Waals surface area contributed by atoms with Crippen molar-refractivity contribution in [2.45, 2.75) is 39.3 Å². The third-order valence-electron chi connectivity index (χ3n) is 4.09. The predicted octanol–water partition coefficient (Wildman–Crippen LogP) is 2.83. The van der Waals surface area contributed by atoms with Crippen LogP contribution in [0.3, 0.4) is 0 Å². The van der Waals surface area contributed by atoms with Gasteiger partial charge in [-0.3, -0.25) is 14.9 Å². The summed E-state index contributed by atoms with van der Waals surface area (Å²) in [7, 11) is 0. The Kier molecular flexibility index (Phi) is 5.53. The lowest BCUT2D eigenvalue weighted by molar-refractivity contribution is -0.124. The summed E-state index contributed by atoms with van der Waals surface area (Å²) < 4.78 is 0. The molecule has 0 radical (unpaired) electrons. The standard InChI is InChI=1S/C17H24N2O2/c1-13(2)16-4-3-11-19(16)12-15-7-5-14(6-8-15)9-10-17(20)18-21/h5-10,13,16,21H,3-4,11-12H2,1-2H3,(H,18,20)/b10-9+. The molecule has 0 spiro atoms. The highest BCUT2D eigenvalue weighted by atomic mass is 16.5. The van der Waals surface area contributed by atoms with Crippen LogP contribution in [0.5, 0.6) is 0 Å². The Bertz CT molecular complexity index is 494. The van der Waals surface area contributed by atoms with Crippen LogP contribution in [0.1, 0.15) is 37.8 Å². The van der Waals surface area contributed by atoms with Gasteiger partial charge in [-0.2, -0.15) is 0 Å². The molecule has 4 nitrogen and oxygen atoms in total. The van der Waals surface area contributed by atoms with Crippen molar-refractivity contribution in [3.63, 3.8) is 0 Å². The van der Waals surface area contributed by atoms with Crippen LogP contribution >= 0.6 is 0 Å². The van der Waals surface area contributed by atoms with Gasteiger partial charge < -0.3 is 0 Å². The van der Waals surface area contributed by atoms with Crippen molar-refractivity contribution >= 4 is 12.0 Å². The van der Waals surface area contributed by atoms with E-state index in [0.29, 0.717) is 12.0 Å². The summed E-state index contributed by atoms with van der Waals surface area (Å²) in [6.07, 6.45) is 5.58. The number of hydrogen-bond acceptors (Lipinski definition) is 3. The molecule has 2 rings (SSSR count). The predicted molar refractivity (Wildman–Crippen MR) is 83.7 cm³/mol. The van der Waals surface area contributed by atoms with Gasteiger partial charge in [0.15, 0.2) is 0 Å². The average molecular weight is 288 g/mol. The van der Waals surface area contributed by atoms with Crippen molar-refractivity contribution < 1.29 is 10.0 Å². The molecule has 1 fully saturated rings. The van der Waals surface area contributed by atoms with E-state index in [9.17, 15) is 4.79 Å². The molecular formula is C17H24N2O2. The summed E-state index contributed by atoms with van der Waals surface area (Å²) in [6.45, 7) is 6.76. The molecule has 1 aliphatic rings. The summed E-state index contributed by atoms with van der Waals surface area (Å²) >= 11 is 0. The van der Waals surface area contributed by atoms with Crippen molar-refractivity contribution in [3.05, 3.63) is 41.5 Å². The molecular weight excluding hydrogens is 264 g/mol. The van der Waals surface area contributed by atoms with Crippen LogP contribution in [0.25, 0.3) is 6.08 Å². The van der Waals surface area contributed by atoms with Crippen molar-refractivity contribution in [1.29, 1.82) is 0 Å². The lowest BCUT2D eigenvalue weighted by Crippen LogP contribution is -2.32. The Hall–Kier alpha value is -1.65. The van der Waals surface area contributed by atoms with Crippen LogP contribution in [-0.4, -0.2) is 28.6 Å². The van der Waals surface area contributed by atoms with E-state index in [1.54, 1.807) is 11.6 Å². The molecule has 0 bridgehead atoms. The van der Waals surface area contributed by atoms with E-state index in [2.05, 4.69) is 30.9 Å². The number of likely N-dealkylation sites (tertiary alicyclic amines) is 1. The molecule has 1 unspecified atom stereocenters. The van der Waals surface area contributed by atoms with Gasteiger partial charge >= 0.3 is 0 Å². The zero-order valence-electron chi connectivity index (χ0n) is 12.7. The van der Waals surface area contributed by atoms with E-state index < -0.39 is 5.91 Å². The first-order valence-corrected chi connectivity index (χ1v) is 7.55. The molecule has 1 aromatic carbocycles. The first-order chi connectivity index (χ1) is 10.1. The minimum absolute atomic E-state index is 0.518. The Morgan fingerprint density at radius 2 is 2.14 bits per heavy atom. The third kappa shape index (κ3) is 4.41. The van der Waals surface area contributed by atoms with Crippen molar-refractivity contribution in [2.24, 2.45) is 5.92 Å². The van der Waals surface area contributed by atoms with Crippen LogP contribution in [0, 0.1) is 5.92 Å². The molecule has 2 N–H and O–H groups in total. The normalized spacial score (nSPS) is 19.5. The first-order valence-electron chi connectivity index (χ1n) is 7.55. The third-order valence-corrected chi connectivity index (χ3v) is 4.09. The topological polar surface area (TPSA) is 52.6 Å². The second kappa shape index (κ2) is 7.38. The minimum Gasteiger partial charge on any atom is -0.296 e. The minimum atomic E-state index is -0.518. The smallest absolute Gasteiger partial charge is 0.267 e. The highest BCUT2D eigenvalue weighted by molar-refractivity contribution is 5.90. The number of carbonyl (C=O) groups is 1. The van der Waals surface area contributed by atoms with Crippen LogP contribution in [0.15, 0.2) is 30.3 Å². The van der Waals surface area contributed by atoms with E-state index in [-0.39, 0.29) is 0 Å². The summed E-state index contributed by atoms with van der Waals surface area (Å²) in [5, 5.41) is 8.43. The molecule has 1 saturated heterocycles. The number of hydrogen-bond donors (Lipinski definition) is 2. The highest BCUT2D eigenvalue weighted by Gasteiger charge is 2.26. The molecule has 1 aliphatic heterocycles. The van der Waals surface area contributed by atoms with Gasteiger partial charge in [0, 0.05) is 18.7 Å². The highest BCUT2D eigenvalue weighted by Crippen LogP contribution is 2.25. The number of rotatable bonds is 5. The number of nitrogens with one attached hydrogen (secondary N) is 1. The monoisotopic (exact) mass is 288 g/mol. The van der Waals surface area contributed by atoms with Gasteiger partial charge in [-0.1, -0.05) is 38.1 Å². The number of benzene rings is 1. The molecule has 1 atom stereocenters. The number of hydroxylamine groups is 1. The van der Waals surface area contributed by atoms with Gasteiger partial charge in [-0.25, -0.2) is 5.48 Å². The SMILES string of the molecule is CC(C)C1CCCN1Cc1ccc(/C=C/C(=O)NO)cc1. The zero-order chi connectivity index (χ0) is 15.2. The maximum absolute atomic E-state index is 10.9. The van der Waals surface area contributed by atoms with Gasteiger partial charge in [-0.05, 0) is 42.5 Å². The molecule has 0 saturated carbocycles. The van der Waals surface area contributed by atoms with Crippen LogP contribution < -0.4 is 5.48 Å². The van der Waals surface area contributed by atoms with Crippen molar-refractivity contribution in [1.82, 2.24) is 10.4 Å². The number of carbonyl (C=O) groups excluding carboxylic acids is 1. The second-order valence-corrected chi connectivity index (χ2v) is 5.98. The second-order valence-electron chi connectivity index (χ2n) is 5.98. The first kappa shape index (κ1) is 15.7. The van der Waals surface area contributed by atoms with Gasteiger partial charge in [0.05, 0.1) is 0 Å². The van der Waals surface area contributed by atoms with Crippen molar-refractivity contribution in [3.8, 4) is 0 Å². The fourth-order valence-electron chi connectivity index (χ4n) is 2.98. The quantitative estimate of drug-likeness (QED) is 0.497. The summed E-state index contributed by atoms with van der Waals surface area (Å²) in [5.41, 5.74) is 3.82. The molecule has 4 heteroatoms.